The molecule has 0 unspecified atom stereocenters. The number of amides is 2. The number of nitrogens with zero attached hydrogens (tertiary/aromatic N) is 1. The molecule has 0 bridgehead atoms. The van der Waals surface area contributed by atoms with Gasteiger partial charge in [0.25, 0.3) is 0 Å². The molecule has 2 atom stereocenters. The second-order valence-corrected chi connectivity index (χ2v) is 8.46. The Morgan fingerprint density at radius 1 is 1.09 bits per heavy atom. The van der Waals surface area contributed by atoms with Gasteiger partial charge in [0, 0.05) is 13.0 Å². The molecule has 1 rings (SSSR count). The lowest BCUT2D eigenvalue weighted by atomic mass is 9.95. The monoisotopic (exact) mass is 451 g/mol. The van der Waals surface area contributed by atoms with E-state index in [1.54, 1.807) is 34.6 Å². The van der Waals surface area contributed by atoms with Crippen molar-refractivity contribution in [1.82, 2.24) is 10.6 Å². The number of aliphatic imine (C=N–C) groups is 1. The largest absolute Gasteiger partial charge is 0.508 e. The minimum absolute atomic E-state index is 0.00786. The van der Waals surface area contributed by atoms with Crippen LogP contribution in [0.3, 0.4) is 0 Å². The summed E-state index contributed by atoms with van der Waals surface area (Å²) in [4.78, 5) is 40.7. The summed E-state index contributed by atoms with van der Waals surface area (Å²) < 4.78 is 5.18. The van der Waals surface area contributed by atoms with Crippen molar-refractivity contribution in [3.8, 4) is 5.75 Å². The molecule has 0 aliphatic heterocycles. The number of rotatable bonds is 9. The van der Waals surface area contributed by atoms with Crippen molar-refractivity contribution in [3.05, 3.63) is 28.8 Å². The number of phenolic OH excluding ortho intramolecular Hbond substituents is 1. The molecule has 0 aliphatic carbocycles. The molecule has 1 aromatic carbocycles. The van der Waals surface area contributed by atoms with Gasteiger partial charge in [0.15, 0.2) is 5.96 Å². The molecule has 11 nitrogen and oxygen atoms in total. The van der Waals surface area contributed by atoms with Crippen molar-refractivity contribution in [2.75, 3.05) is 6.54 Å². The molecule has 8 N–H and O–H groups in total. The Balaban J connectivity index is 3.03. The van der Waals surface area contributed by atoms with E-state index in [2.05, 4.69) is 15.6 Å². The van der Waals surface area contributed by atoms with Gasteiger partial charge in [0.05, 0.1) is 0 Å². The fraction of sp³-hybridized carbons (Fsp3) is 0.524. The highest BCUT2D eigenvalue weighted by molar-refractivity contribution is 5.89. The molecule has 0 saturated carbocycles. The second-order valence-electron chi connectivity index (χ2n) is 8.46. The lowest BCUT2D eigenvalue weighted by Crippen LogP contribution is -2.53. The summed E-state index contributed by atoms with van der Waals surface area (Å²) in [5.74, 6) is -2.07. The number of alkyl carbamates (subject to hydrolysis) is 1. The number of guanidine groups is 1. The van der Waals surface area contributed by atoms with Crippen LogP contribution in [0.1, 0.15) is 43.9 Å². The third kappa shape index (κ3) is 9.11. The number of carbonyl (C=O) groups excluding carboxylic acids is 2. The zero-order valence-electron chi connectivity index (χ0n) is 19.1. The van der Waals surface area contributed by atoms with Crippen molar-refractivity contribution < 1.29 is 29.3 Å². The van der Waals surface area contributed by atoms with Crippen LogP contribution in [0.25, 0.3) is 0 Å². The fourth-order valence-electron chi connectivity index (χ4n) is 3.01. The maximum absolute atomic E-state index is 12.9. The van der Waals surface area contributed by atoms with E-state index in [-0.39, 0.29) is 31.1 Å². The summed E-state index contributed by atoms with van der Waals surface area (Å²) in [6.45, 7) is 8.53. The third-order valence-electron chi connectivity index (χ3n) is 4.42. The zero-order chi connectivity index (χ0) is 24.6. The number of carboxylic acid groups (broad SMARTS) is 1. The molecular weight excluding hydrogens is 418 g/mol. The molecule has 11 heteroatoms. The number of hydrogen-bond donors (Lipinski definition) is 6. The quantitative estimate of drug-likeness (QED) is 0.233. The van der Waals surface area contributed by atoms with E-state index in [1.807, 2.05) is 0 Å². The molecule has 1 aromatic rings. The predicted octanol–water partition coefficient (Wildman–Crippen LogP) is 0.678. The number of ether oxygens (including phenoxy) is 1. The Kier molecular flexibility index (Phi) is 9.30. The first kappa shape index (κ1) is 26.5. The minimum Gasteiger partial charge on any atom is -0.508 e. The topological polar surface area (TPSA) is 189 Å². The number of carbonyl (C=O) groups is 3. The van der Waals surface area contributed by atoms with E-state index in [1.165, 1.54) is 12.1 Å². The van der Waals surface area contributed by atoms with E-state index in [0.717, 1.165) is 0 Å². The molecule has 178 valence electrons. The van der Waals surface area contributed by atoms with Gasteiger partial charge in [-0.15, -0.1) is 0 Å². The smallest absolute Gasteiger partial charge is 0.408 e. The van der Waals surface area contributed by atoms with Gasteiger partial charge in [-0.2, -0.15) is 0 Å². The van der Waals surface area contributed by atoms with Crippen molar-refractivity contribution in [2.24, 2.45) is 16.5 Å². The Bertz CT molecular complexity index is 851. The number of phenols is 1. The summed E-state index contributed by atoms with van der Waals surface area (Å²) >= 11 is 0. The van der Waals surface area contributed by atoms with Crippen LogP contribution in [-0.4, -0.2) is 58.4 Å². The Labute approximate surface area is 187 Å². The Morgan fingerprint density at radius 3 is 2.12 bits per heavy atom. The number of nitrogens with two attached hydrogens (primary N) is 2. The van der Waals surface area contributed by atoms with Crippen molar-refractivity contribution in [1.29, 1.82) is 0 Å². The molecule has 32 heavy (non-hydrogen) atoms. The van der Waals surface area contributed by atoms with E-state index in [0.29, 0.717) is 16.7 Å². The SMILES string of the molecule is Cc1cc(O)cc(C)c1C[C@H](NC(=O)[C@@H](CCN=C(N)N)NC(=O)OC(C)(C)C)C(=O)O. The summed E-state index contributed by atoms with van der Waals surface area (Å²) in [6, 6.07) is 0.642. The van der Waals surface area contributed by atoms with Crippen LogP contribution in [0.2, 0.25) is 0 Å². The Hall–Kier alpha value is -3.50. The summed E-state index contributed by atoms with van der Waals surface area (Å²) in [7, 11) is 0. The van der Waals surface area contributed by atoms with Crippen LogP contribution in [0.15, 0.2) is 17.1 Å². The molecule has 0 radical (unpaired) electrons. The van der Waals surface area contributed by atoms with Crippen LogP contribution >= 0.6 is 0 Å². The molecule has 2 amide bonds. The molecule has 0 saturated heterocycles. The number of aromatic hydroxyl groups is 1. The van der Waals surface area contributed by atoms with Gasteiger partial charge in [-0.3, -0.25) is 9.79 Å². The predicted molar refractivity (Wildman–Crippen MR) is 119 cm³/mol. The first-order chi connectivity index (χ1) is 14.7. The van der Waals surface area contributed by atoms with E-state index < -0.39 is 35.7 Å². The number of hydrogen-bond acceptors (Lipinski definition) is 6. The van der Waals surface area contributed by atoms with E-state index in [9.17, 15) is 24.6 Å². The standard InChI is InChI=1S/C21H33N5O6/c1-11-8-13(27)9-12(2)14(11)10-16(18(29)30)25-17(28)15(6-7-24-19(22)23)26-20(31)32-21(3,4)5/h8-9,15-16,27H,6-7,10H2,1-5H3,(H,25,28)(H,26,31)(H,29,30)(H4,22,23,24)/t15-,16+/m1/s1. The molecule has 0 heterocycles. The van der Waals surface area contributed by atoms with Gasteiger partial charge in [-0.1, -0.05) is 0 Å². The number of aliphatic carboxylic acids is 1. The molecule has 0 aliphatic rings. The lowest BCUT2D eigenvalue weighted by molar-refractivity contribution is -0.142. The lowest BCUT2D eigenvalue weighted by Gasteiger charge is -2.24. The van der Waals surface area contributed by atoms with Crippen LogP contribution in [0.5, 0.6) is 5.75 Å². The number of aryl methyl sites for hydroxylation is 2. The van der Waals surface area contributed by atoms with E-state index >= 15 is 0 Å². The molecular formula is C21H33N5O6. The summed E-state index contributed by atoms with van der Waals surface area (Å²) in [5.41, 5.74) is 11.9. The van der Waals surface area contributed by atoms with Crippen molar-refractivity contribution in [3.63, 3.8) is 0 Å². The number of carboxylic acids is 1. The van der Waals surface area contributed by atoms with Gasteiger partial charge in [0.1, 0.15) is 23.4 Å². The molecule has 0 spiro atoms. The van der Waals surface area contributed by atoms with Gasteiger partial charge in [-0.05, 0) is 69.9 Å². The number of benzene rings is 1. The van der Waals surface area contributed by atoms with E-state index in [4.69, 9.17) is 16.2 Å². The van der Waals surface area contributed by atoms with Gasteiger partial charge in [-0.25, -0.2) is 9.59 Å². The van der Waals surface area contributed by atoms with Crippen LogP contribution < -0.4 is 22.1 Å². The van der Waals surface area contributed by atoms with Gasteiger partial charge < -0.3 is 37.1 Å². The first-order valence-electron chi connectivity index (χ1n) is 10.1. The average molecular weight is 452 g/mol. The highest BCUT2D eigenvalue weighted by atomic mass is 16.6. The minimum atomic E-state index is -1.27. The normalized spacial score (nSPS) is 12.9. The number of nitrogens with one attached hydrogen (secondary N) is 2. The molecule has 0 aromatic heterocycles. The maximum atomic E-state index is 12.9. The van der Waals surface area contributed by atoms with Crippen LogP contribution in [-0.2, 0) is 20.7 Å². The summed E-state index contributed by atoms with van der Waals surface area (Å²) in [5, 5.41) is 24.2. The van der Waals surface area contributed by atoms with Gasteiger partial charge >= 0.3 is 12.1 Å². The fourth-order valence-corrected chi connectivity index (χ4v) is 3.01. The highest BCUT2D eigenvalue weighted by Crippen LogP contribution is 2.22. The zero-order valence-corrected chi connectivity index (χ0v) is 19.1. The highest BCUT2D eigenvalue weighted by Gasteiger charge is 2.29. The average Bonchev–Trinajstić information content (AvgIpc) is 2.60. The maximum Gasteiger partial charge on any atom is 0.408 e. The van der Waals surface area contributed by atoms with Crippen LogP contribution in [0.4, 0.5) is 4.79 Å². The summed E-state index contributed by atoms with van der Waals surface area (Å²) in [6.07, 6.45) is -0.821. The van der Waals surface area contributed by atoms with Gasteiger partial charge in [0.2, 0.25) is 5.91 Å². The Morgan fingerprint density at radius 2 is 1.66 bits per heavy atom. The molecule has 0 fully saturated rings. The first-order valence-corrected chi connectivity index (χ1v) is 10.1. The van der Waals surface area contributed by atoms with Crippen molar-refractivity contribution in [2.45, 2.75) is 65.1 Å². The van der Waals surface area contributed by atoms with Crippen molar-refractivity contribution >= 4 is 23.9 Å². The third-order valence-corrected chi connectivity index (χ3v) is 4.42. The second kappa shape index (κ2) is 11.2. The van der Waals surface area contributed by atoms with Crippen LogP contribution in [0, 0.1) is 13.8 Å².